The van der Waals surface area contributed by atoms with Crippen LogP contribution in [-0.4, -0.2) is 28.6 Å². The highest BCUT2D eigenvalue weighted by Gasteiger charge is 2.39. The van der Waals surface area contributed by atoms with Crippen molar-refractivity contribution in [2.75, 3.05) is 13.7 Å². The van der Waals surface area contributed by atoms with Gasteiger partial charge in [0.05, 0.1) is 29.5 Å². The fourth-order valence-corrected chi connectivity index (χ4v) is 3.86. The van der Waals surface area contributed by atoms with Gasteiger partial charge < -0.3 is 9.84 Å². The standard InChI is InChI=1S/C15H25BrN2O2/c1-11(2)12-4-6-15(19,7-5-12)14-13(16)10-17-18(14)8-9-20-3/h10-12,19H,4-9H2,1-3H3. The van der Waals surface area contributed by atoms with Crippen LogP contribution >= 0.6 is 15.9 Å². The molecule has 0 aromatic carbocycles. The molecule has 1 saturated carbocycles. The average Bonchev–Trinajstić information content (AvgIpc) is 2.78. The van der Waals surface area contributed by atoms with Gasteiger partial charge in [0.25, 0.3) is 0 Å². The number of hydrogen-bond donors (Lipinski definition) is 1. The highest BCUT2D eigenvalue weighted by atomic mass is 79.9. The summed E-state index contributed by atoms with van der Waals surface area (Å²) in [6.45, 7) is 5.82. The molecule has 0 saturated heterocycles. The molecule has 0 aliphatic heterocycles. The van der Waals surface area contributed by atoms with Crippen molar-refractivity contribution in [3.8, 4) is 0 Å². The maximum absolute atomic E-state index is 11.1. The van der Waals surface area contributed by atoms with Crippen LogP contribution < -0.4 is 0 Å². The molecule has 114 valence electrons. The lowest BCUT2D eigenvalue weighted by Crippen LogP contribution is -2.35. The first-order valence-corrected chi connectivity index (χ1v) is 8.20. The van der Waals surface area contributed by atoms with E-state index in [9.17, 15) is 5.11 Å². The van der Waals surface area contributed by atoms with Crippen molar-refractivity contribution in [3.63, 3.8) is 0 Å². The Morgan fingerprint density at radius 1 is 1.50 bits per heavy atom. The second-order valence-corrected chi connectivity index (χ2v) is 7.02. The Hall–Kier alpha value is -0.390. The zero-order valence-corrected chi connectivity index (χ0v) is 14.2. The van der Waals surface area contributed by atoms with Crippen molar-refractivity contribution < 1.29 is 9.84 Å². The molecule has 1 aromatic rings. The van der Waals surface area contributed by atoms with E-state index < -0.39 is 5.60 Å². The maximum atomic E-state index is 11.1. The average molecular weight is 345 g/mol. The third kappa shape index (κ3) is 3.26. The van der Waals surface area contributed by atoms with Crippen LogP contribution in [0.5, 0.6) is 0 Å². The molecule has 5 heteroatoms. The van der Waals surface area contributed by atoms with Crippen LogP contribution in [0.4, 0.5) is 0 Å². The van der Waals surface area contributed by atoms with E-state index in [1.54, 1.807) is 13.3 Å². The van der Waals surface area contributed by atoms with Gasteiger partial charge in [-0.15, -0.1) is 0 Å². The Bertz CT molecular complexity index is 437. The largest absolute Gasteiger partial charge is 0.384 e. The molecular weight excluding hydrogens is 320 g/mol. The van der Waals surface area contributed by atoms with E-state index in [2.05, 4.69) is 34.9 Å². The van der Waals surface area contributed by atoms with Gasteiger partial charge in [-0.25, -0.2) is 0 Å². The SMILES string of the molecule is COCCn1ncc(Br)c1C1(O)CCC(C(C)C)CC1. The minimum atomic E-state index is -0.755. The predicted octanol–water partition coefficient (Wildman–Crippen LogP) is 3.33. The fraction of sp³-hybridized carbons (Fsp3) is 0.800. The van der Waals surface area contributed by atoms with E-state index in [0.717, 1.165) is 41.8 Å². The summed E-state index contributed by atoms with van der Waals surface area (Å²) in [5.74, 6) is 1.42. The predicted molar refractivity (Wildman–Crippen MR) is 82.5 cm³/mol. The molecule has 0 radical (unpaired) electrons. The summed E-state index contributed by atoms with van der Waals surface area (Å²) < 4.78 is 7.90. The number of ether oxygens (including phenoxy) is 1. The van der Waals surface area contributed by atoms with Gasteiger partial charge >= 0.3 is 0 Å². The third-order valence-electron chi connectivity index (χ3n) is 4.54. The summed E-state index contributed by atoms with van der Waals surface area (Å²) in [5.41, 5.74) is 0.158. The monoisotopic (exact) mass is 344 g/mol. The lowest BCUT2D eigenvalue weighted by Gasteiger charge is -2.38. The lowest BCUT2D eigenvalue weighted by atomic mass is 9.73. The summed E-state index contributed by atoms with van der Waals surface area (Å²) in [6.07, 6.45) is 5.56. The summed E-state index contributed by atoms with van der Waals surface area (Å²) >= 11 is 3.54. The van der Waals surface area contributed by atoms with Gasteiger partial charge in [0.2, 0.25) is 0 Å². The Kier molecular flexibility index (Phi) is 5.26. The number of rotatable bonds is 5. The molecule has 1 aromatic heterocycles. The third-order valence-corrected chi connectivity index (χ3v) is 5.12. The Balaban J connectivity index is 2.16. The highest BCUT2D eigenvalue weighted by molar-refractivity contribution is 9.10. The second kappa shape index (κ2) is 6.58. The Morgan fingerprint density at radius 2 is 2.15 bits per heavy atom. The van der Waals surface area contributed by atoms with Crippen LogP contribution in [0.3, 0.4) is 0 Å². The molecule has 1 aliphatic carbocycles. The second-order valence-electron chi connectivity index (χ2n) is 6.17. The molecule has 1 fully saturated rings. The Morgan fingerprint density at radius 3 is 2.70 bits per heavy atom. The van der Waals surface area contributed by atoms with Crippen LogP contribution in [0.1, 0.15) is 45.2 Å². The molecule has 0 unspecified atom stereocenters. The fourth-order valence-electron chi connectivity index (χ4n) is 3.19. The smallest absolute Gasteiger partial charge is 0.107 e. The van der Waals surface area contributed by atoms with Gasteiger partial charge in [-0.1, -0.05) is 13.8 Å². The van der Waals surface area contributed by atoms with Gasteiger partial charge in [-0.3, -0.25) is 4.68 Å². The number of methoxy groups -OCH3 is 1. The van der Waals surface area contributed by atoms with Crippen LogP contribution in [0, 0.1) is 11.8 Å². The normalized spacial score (nSPS) is 27.2. The van der Waals surface area contributed by atoms with E-state index in [-0.39, 0.29) is 0 Å². The zero-order chi connectivity index (χ0) is 14.8. The number of aliphatic hydroxyl groups is 1. The van der Waals surface area contributed by atoms with Gasteiger partial charge in [0, 0.05) is 7.11 Å². The molecule has 4 nitrogen and oxygen atoms in total. The van der Waals surface area contributed by atoms with E-state index in [1.165, 1.54) is 0 Å². The van der Waals surface area contributed by atoms with Gasteiger partial charge in [0.1, 0.15) is 5.60 Å². The van der Waals surface area contributed by atoms with Crippen LogP contribution in [0.2, 0.25) is 0 Å². The van der Waals surface area contributed by atoms with E-state index in [4.69, 9.17) is 4.74 Å². The summed E-state index contributed by atoms with van der Waals surface area (Å²) in [4.78, 5) is 0. The summed E-state index contributed by atoms with van der Waals surface area (Å²) in [6, 6.07) is 0. The zero-order valence-electron chi connectivity index (χ0n) is 12.6. The van der Waals surface area contributed by atoms with E-state index in [0.29, 0.717) is 19.1 Å². The topological polar surface area (TPSA) is 47.3 Å². The van der Waals surface area contributed by atoms with Crippen molar-refractivity contribution in [1.82, 2.24) is 9.78 Å². The molecule has 0 bridgehead atoms. The molecule has 1 N–H and O–H groups in total. The van der Waals surface area contributed by atoms with E-state index in [1.807, 2.05) is 4.68 Å². The van der Waals surface area contributed by atoms with Crippen molar-refractivity contribution in [2.45, 2.75) is 51.7 Å². The maximum Gasteiger partial charge on any atom is 0.107 e. The first-order valence-electron chi connectivity index (χ1n) is 7.41. The first kappa shape index (κ1) is 16.0. The molecule has 0 amide bonds. The van der Waals surface area contributed by atoms with Crippen molar-refractivity contribution >= 4 is 15.9 Å². The molecule has 1 heterocycles. The molecule has 2 rings (SSSR count). The lowest BCUT2D eigenvalue weighted by molar-refractivity contribution is -0.0284. The van der Waals surface area contributed by atoms with Gasteiger partial charge in [0.15, 0.2) is 0 Å². The number of aromatic nitrogens is 2. The molecule has 0 spiro atoms. The number of hydrogen-bond acceptors (Lipinski definition) is 3. The van der Waals surface area contributed by atoms with E-state index >= 15 is 0 Å². The molecule has 0 atom stereocenters. The molecular formula is C15H25BrN2O2. The van der Waals surface area contributed by atoms with Crippen LogP contribution in [-0.2, 0) is 16.9 Å². The molecule has 20 heavy (non-hydrogen) atoms. The quantitative estimate of drug-likeness (QED) is 0.891. The number of nitrogens with zero attached hydrogens (tertiary/aromatic N) is 2. The van der Waals surface area contributed by atoms with Crippen molar-refractivity contribution in [1.29, 1.82) is 0 Å². The van der Waals surface area contributed by atoms with Crippen LogP contribution in [0.15, 0.2) is 10.7 Å². The van der Waals surface area contributed by atoms with Gasteiger partial charge in [-0.05, 0) is 53.4 Å². The summed E-state index contributed by atoms with van der Waals surface area (Å²) in [5, 5.41) is 15.4. The molecule has 1 aliphatic rings. The van der Waals surface area contributed by atoms with Crippen molar-refractivity contribution in [2.24, 2.45) is 11.8 Å². The minimum absolute atomic E-state index is 0.603. The summed E-state index contributed by atoms with van der Waals surface area (Å²) in [7, 11) is 1.68. The highest BCUT2D eigenvalue weighted by Crippen LogP contribution is 2.43. The van der Waals surface area contributed by atoms with Gasteiger partial charge in [-0.2, -0.15) is 5.10 Å². The Labute approximate surface area is 129 Å². The minimum Gasteiger partial charge on any atom is -0.384 e. The van der Waals surface area contributed by atoms with Crippen LogP contribution in [0.25, 0.3) is 0 Å². The number of halogens is 1. The first-order chi connectivity index (χ1) is 9.48. The van der Waals surface area contributed by atoms with Crippen molar-refractivity contribution in [3.05, 3.63) is 16.4 Å².